The summed E-state index contributed by atoms with van der Waals surface area (Å²) >= 11 is 0. The Morgan fingerprint density at radius 3 is 2.71 bits per heavy atom. The Labute approximate surface area is 182 Å². The van der Waals surface area contributed by atoms with Gasteiger partial charge in [0.15, 0.2) is 0 Å². The average Bonchev–Trinajstić information content (AvgIpc) is 3.57. The number of piperidine rings is 1. The molecule has 1 aliphatic carbocycles. The van der Waals surface area contributed by atoms with E-state index in [4.69, 9.17) is 4.98 Å². The number of nitrogens with one attached hydrogen (secondary N) is 1. The summed E-state index contributed by atoms with van der Waals surface area (Å²) in [5.41, 5.74) is 3.76. The monoisotopic (exact) mass is 422 g/mol. The topological polar surface area (TPSA) is 87.1 Å². The Bertz CT molecular complexity index is 1060. The third-order valence-corrected chi connectivity index (χ3v) is 6.90. The minimum atomic E-state index is -0.0665. The summed E-state index contributed by atoms with van der Waals surface area (Å²) in [7, 11) is 0. The maximum atomic E-state index is 12.8. The van der Waals surface area contributed by atoms with Crippen LogP contribution in [0.5, 0.6) is 0 Å². The first-order chi connectivity index (χ1) is 15.0. The molecular formula is C23H30N6O2. The highest BCUT2D eigenvalue weighted by atomic mass is 16.2. The van der Waals surface area contributed by atoms with E-state index in [0.717, 1.165) is 62.5 Å². The van der Waals surface area contributed by atoms with Crippen LogP contribution in [0.2, 0.25) is 0 Å². The second-order valence-corrected chi connectivity index (χ2v) is 9.11. The van der Waals surface area contributed by atoms with Crippen LogP contribution in [0.1, 0.15) is 59.9 Å². The highest BCUT2D eigenvalue weighted by molar-refractivity contribution is 5.81. The van der Waals surface area contributed by atoms with Crippen LogP contribution in [0.4, 0.5) is 0 Å². The van der Waals surface area contributed by atoms with Gasteiger partial charge in [-0.1, -0.05) is 6.58 Å². The SMILES string of the molecule is C=Cn1cc(CN2CCC(c3nc4c(c(=O)[nH]3)CN(C(=O)C3CC3)CC4)CC2)c(C)n1. The van der Waals surface area contributed by atoms with Gasteiger partial charge in [-0.15, -0.1) is 0 Å². The van der Waals surface area contributed by atoms with E-state index in [2.05, 4.69) is 21.6 Å². The minimum Gasteiger partial charge on any atom is -0.337 e. The van der Waals surface area contributed by atoms with Crippen LogP contribution < -0.4 is 5.56 Å². The second-order valence-electron chi connectivity index (χ2n) is 9.11. The molecule has 0 atom stereocenters. The van der Waals surface area contributed by atoms with Gasteiger partial charge in [0.25, 0.3) is 5.56 Å². The Kier molecular flexibility index (Phi) is 5.25. The molecule has 31 heavy (non-hydrogen) atoms. The number of hydrogen-bond acceptors (Lipinski definition) is 5. The number of likely N-dealkylation sites (tertiary alicyclic amines) is 1. The number of hydrogen-bond donors (Lipinski definition) is 1. The first-order valence-electron chi connectivity index (χ1n) is 11.3. The van der Waals surface area contributed by atoms with E-state index in [1.54, 1.807) is 10.9 Å². The zero-order valence-electron chi connectivity index (χ0n) is 18.1. The molecule has 1 amide bonds. The molecule has 8 nitrogen and oxygen atoms in total. The van der Waals surface area contributed by atoms with Crippen LogP contribution in [-0.2, 0) is 24.3 Å². The molecule has 0 spiro atoms. The van der Waals surface area contributed by atoms with Gasteiger partial charge >= 0.3 is 0 Å². The molecule has 2 aromatic rings. The molecule has 3 aliphatic rings. The summed E-state index contributed by atoms with van der Waals surface area (Å²) in [5, 5.41) is 4.43. The molecule has 0 aromatic carbocycles. The molecule has 8 heteroatoms. The lowest BCUT2D eigenvalue weighted by molar-refractivity contribution is -0.133. The van der Waals surface area contributed by atoms with E-state index in [1.165, 1.54) is 5.56 Å². The van der Waals surface area contributed by atoms with Crippen molar-refractivity contribution in [3.63, 3.8) is 0 Å². The number of aromatic nitrogens is 4. The summed E-state index contributed by atoms with van der Waals surface area (Å²) in [5.74, 6) is 1.49. The Balaban J connectivity index is 1.23. The number of amides is 1. The van der Waals surface area contributed by atoms with Crippen LogP contribution in [0.25, 0.3) is 6.20 Å². The fourth-order valence-corrected chi connectivity index (χ4v) is 4.79. The van der Waals surface area contributed by atoms with Crippen molar-refractivity contribution in [3.05, 3.63) is 51.5 Å². The van der Waals surface area contributed by atoms with Gasteiger partial charge in [0.2, 0.25) is 5.91 Å². The van der Waals surface area contributed by atoms with Crippen molar-refractivity contribution in [1.29, 1.82) is 0 Å². The number of carbonyl (C=O) groups is 1. The molecule has 0 bridgehead atoms. The number of nitrogens with zero attached hydrogens (tertiary/aromatic N) is 5. The lowest BCUT2D eigenvalue weighted by Crippen LogP contribution is -2.41. The molecule has 1 N–H and O–H groups in total. The zero-order valence-corrected chi connectivity index (χ0v) is 18.1. The smallest absolute Gasteiger partial charge is 0.256 e. The standard InChI is InChI=1S/C23H30N6O2/c1-3-29-13-18(15(2)26-29)12-27-9-6-16(7-10-27)21-24-20-8-11-28(23(31)17-4-5-17)14-19(20)22(30)25-21/h3,13,16-17H,1,4-12,14H2,2H3,(H,24,25,30). The van der Waals surface area contributed by atoms with Gasteiger partial charge in [0, 0.05) is 49.3 Å². The van der Waals surface area contributed by atoms with Crippen LogP contribution in [0.3, 0.4) is 0 Å². The molecule has 2 aromatic heterocycles. The Morgan fingerprint density at radius 2 is 2.03 bits per heavy atom. The zero-order chi connectivity index (χ0) is 21.5. The maximum absolute atomic E-state index is 12.8. The summed E-state index contributed by atoms with van der Waals surface area (Å²) in [6, 6.07) is 0. The number of aromatic amines is 1. The number of carbonyl (C=O) groups excluding carboxylic acids is 1. The molecule has 164 valence electrons. The van der Waals surface area contributed by atoms with Gasteiger partial charge in [-0.25, -0.2) is 9.67 Å². The van der Waals surface area contributed by atoms with E-state index in [-0.39, 0.29) is 23.3 Å². The Morgan fingerprint density at radius 1 is 1.26 bits per heavy atom. The maximum Gasteiger partial charge on any atom is 0.256 e. The van der Waals surface area contributed by atoms with Gasteiger partial charge in [-0.05, 0) is 45.7 Å². The van der Waals surface area contributed by atoms with Gasteiger partial charge in [0.1, 0.15) is 5.82 Å². The van der Waals surface area contributed by atoms with E-state index < -0.39 is 0 Å². The largest absolute Gasteiger partial charge is 0.337 e. The quantitative estimate of drug-likeness (QED) is 0.797. The first-order valence-corrected chi connectivity index (χ1v) is 11.3. The van der Waals surface area contributed by atoms with Gasteiger partial charge in [-0.2, -0.15) is 5.10 Å². The molecule has 2 fully saturated rings. The molecule has 5 rings (SSSR count). The van der Waals surface area contributed by atoms with E-state index in [9.17, 15) is 9.59 Å². The van der Waals surface area contributed by atoms with Crippen LogP contribution in [-0.4, -0.2) is 55.1 Å². The third kappa shape index (κ3) is 4.08. The number of rotatable bonds is 5. The van der Waals surface area contributed by atoms with Crippen molar-refractivity contribution >= 4 is 12.1 Å². The van der Waals surface area contributed by atoms with Crippen LogP contribution >= 0.6 is 0 Å². The summed E-state index contributed by atoms with van der Waals surface area (Å²) in [6.45, 7) is 9.69. The molecule has 1 saturated carbocycles. The van der Waals surface area contributed by atoms with Crippen molar-refractivity contribution in [3.8, 4) is 0 Å². The van der Waals surface area contributed by atoms with Crippen LogP contribution in [0.15, 0.2) is 17.6 Å². The minimum absolute atomic E-state index is 0.0665. The molecular weight excluding hydrogens is 392 g/mol. The predicted molar refractivity (Wildman–Crippen MR) is 117 cm³/mol. The lowest BCUT2D eigenvalue weighted by Gasteiger charge is -2.32. The lowest BCUT2D eigenvalue weighted by atomic mass is 9.95. The van der Waals surface area contributed by atoms with E-state index >= 15 is 0 Å². The van der Waals surface area contributed by atoms with Crippen LogP contribution in [0, 0.1) is 12.8 Å². The summed E-state index contributed by atoms with van der Waals surface area (Å²) < 4.78 is 1.76. The second kappa shape index (κ2) is 8.07. The number of H-pyrrole nitrogens is 1. The molecule has 0 radical (unpaired) electrons. The highest BCUT2D eigenvalue weighted by Gasteiger charge is 2.35. The van der Waals surface area contributed by atoms with E-state index in [0.29, 0.717) is 25.1 Å². The van der Waals surface area contributed by atoms with Crippen molar-refractivity contribution in [2.24, 2.45) is 5.92 Å². The molecule has 0 unspecified atom stereocenters. The molecule has 1 saturated heterocycles. The summed E-state index contributed by atoms with van der Waals surface area (Å²) in [6.07, 6.45) is 8.35. The summed E-state index contributed by atoms with van der Waals surface area (Å²) in [4.78, 5) is 37.3. The Hall–Kier alpha value is -2.74. The van der Waals surface area contributed by atoms with Gasteiger partial charge < -0.3 is 9.88 Å². The van der Waals surface area contributed by atoms with Crippen molar-refractivity contribution in [1.82, 2.24) is 29.5 Å². The van der Waals surface area contributed by atoms with Crippen molar-refractivity contribution < 1.29 is 4.79 Å². The number of aryl methyl sites for hydroxylation is 1. The third-order valence-electron chi connectivity index (χ3n) is 6.90. The highest BCUT2D eigenvalue weighted by Crippen LogP contribution is 2.32. The van der Waals surface area contributed by atoms with Crippen molar-refractivity contribution in [2.45, 2.75) is 58.0 Å². The van der Waals surface area contributed by atoms with Gasteiger partial charge in [-0.3, -0.25) is 14.5 Å². The fraction of sp³-hybridized carbons (Fsp3) is 0.565. The number of fused-ring (bicyclic) bond motifs is 1. The molecule has 4 heterocycles. The van der Waals surface area contributed by atoms with Crippen molar-refractivity contribution in [2.75, 3.05) is 19.6 Å². The average molecular weight is 423 g/mol. The normalized spacial score (nSPS) is 20.0. The molecule has 2 aliphatic heterocycles. The first kappa shape index (κ1) is 20.2. The van der Waals surface area contributed by atoms with Gasteiger partial charge in [0.05, 0.1) is 23.5 Å². The fourth-order valence-electron chi connectivity index (χ4n) is 4.79. The van der Waals surface area contributed by atoms with E-state index in [1.807, 2.05) is 18.0 Å². The predicted octanol–water partition coefficient (Wildman–Crippen LogP) is 2.05.